The third-order valence-corrected chi connectivity index (χ3v) is 2.20. The topological polar surface area (TPSA) is 83.8 Å². The van der Waals surface area contributed by atoms with Crippen molar-refractivity contribution >= 4 is 11.9 Å². The fraction of sp³-hybridized carbons (Fsp3) is 0.273. The normalized spacial score (nSPS) is 11.4. The van der Waals surface area contributed by atoms with Crippen LogP contribution < -0.4 is 4.74 Å². The second kappa shape index (κ2) is 5.76. The van der Waals surface area contributed by atoms with E-state index in [2.05, 4.69) is 4.74 Å². The van der Waals surface area contributed by atoms with Crippen molar-refractivity contribution in [2.45, 2.75) is 12.3 Å². The van der Waals surface area contributed by atoms with Gasteiger partial charge in [0.15, 0.2) is 6.61 Å². The molecule has 110 valence electrons. The summed E-state index contributed by atoms with van der Waals surface area (Å²) in [5.74, 6) is -8.22. The van der Waals surface area contributed by atoms with Crippen LogP contribution in [-0.4, -0.2) is 41.1 Å². The highest BCUT2D eigenvalue weighted by Gasteiger charge is 2.42. The molecule has 0 amide bonds. The minimum Gasteiger partial charge on any atom is -0.486 e. The Bertz CT molecular complexity index is 530. The van der Waals surface area contributed by atoms with Gasteiger partial charge < -0.3 is 14.9 Å². The molecule has 2 N–H and O–H groups in total. The van der Waals surface area contributed by atoms with Crippen LogP contribution in [0.2, 0.25) is 0 Å². The maximum atomic E-state index is 12.7. The fourth-order valence-electron chi connectivity index (χ4n) is 1.19. The van der Waals surface area contributed by atoms with E-state index in [0.717, 1.165) is 12.1 Å². The lowest BCUT2D eigenvalue weighted by atomic mass is 10.1. The second-order valence-corrected chi connectivity index (χ2v) is 3.67. The molecule has 0 aliphatic heterocycles. The lowest BCUT2D eigenvalue weighted by Gasteiger charge is -2.17. The number of rotatable bonds is 6. The Morgan fingerprint density at radius 3 is 2.25 bits per heavy atom. The maximum Gasteiger partial charge on any atom is 0.340 e. The minimum absolute atomic E-state index is 0.426. The van der Waals surface area contributed by atoms with Gasteiger partial charge in [0.2, 0.25) is 0 Å². The molecule has 0 spiro atoms. The first-order valence-corrected chi connectivity index (χ1v) is 5.04. The third-order valence-electron chi connectivity index (χ3n) is 2.20. The molecule has 0 aliphatic rings. The van der Waals surface area contributed by atoms with Crippen LogP contribution in [0.1, 0.15) is 20.7 Å². The highest BCUT2D eigenvalue weighted by molar-refractivity contribution is 5.94. The number of benzene rings is 1. The van der Waals surface area contributed by atoms with Crippen molar-refractivity contribution in [1.82, 2.24) is 0 Å². The predicted molar refractivity (Wildman–Crippen MR) is 56.8 cm³/mol. The Labute approximate surface area is 109 Å². The predicted octanol–water partition coefficient (Wildman–Crippen LogP) is 2.36. The number of halogens is 4. The van der Waals surface area contributed by atoms with Crippen LogP contribution >= 0.6 is 0 Å². The quantitative estimate of drug-likeness (QED) is 0.787. The van der Waals surface area contributed by atoms with E-state index in [4.69, 9.17) is 10.2 Å². The molecular weight excluding hydrogens is 288 g/mol. The zero-order chi connectivity index (χ0) is 15.5. The van der Waals surface area contributed by atoms with Crippen molar-refractivity contribution in [1.29, 1.82) is 0 Å². The van der Waals surface area contributed by atoms with E-state index >= 15 is 0 Å². The summed E-state index contributed by atoms with van der Waals surface area (Å²) < 4.78 is 53.6. The Morgan fingerprint density at radius 2 is 1.80 bits per heavy atom. The molecule has 0 saturated heterocycles. The fourth-order valence-corrected chi connectivity index (χ4v) is 1.19. The van der Waals surface area contributed by atoms with Gasteiger partial charge in [-0.3, -0.25) is 0 Å². The molecule has 0 aromatic heterocycles. The van der Waals surface area contributed by atoms with E-state index in [0.29, 0.717) is 6.07 Å². The molecule has 20 heavy (non-hydrogen) atoms. The summed E-state index contributed by atoms with van der Waals surface area (Å²) in [7, 11) is 0. The number of alkyl halides is 4. The lowest BCUT2D eigenvalue weighted by molar-refractivity contribution is -0.148. The summed E-state index contributed by atoms with van der Waals surface area (Å²) in [6.45, 7) is -1.77. The summed E-state index contributed by atoms with van der Waals surface area (Å²) in [5, 5.41) is 17.5. The summed E-state index contributed by atoms with van der Waals surface area (Å²) in [4.78, 5) is 21.5. The molecule has 0 fully saturated rings. The molecule has 0 radical (unpaired) electrons. The smallest absolute Gasteiger partial charge is 0.340 e. The highest BCUT2D eigenvalue weighted by Crippen LogP contribution is 2.27. The van der Waals surface area contributed by atoms with Gasteiger partial charge in [0.25, 0.3) is 0 Å². The summed E-state index contributed by atoms with van der Waals surface area (Å²) in [5.41, 5.74) is -1.04. The Morgan fingerprint density at radius 1 is 1.20 bits per heavy atom. The van der Waals surface area contributed by atoms with Gasteiger partial charge in [-0.1, -0.05) is 0 Å². The van der Waals surface area contributed by atoms with Crippen molar-refractivity contribution in [3.05, 3.63) is 29.3 Å². The third kappa shape index (κ3) is 3.59. The van der Waals surface area contributed by atoms with Crippen molar-refractivity contribution in [2.24, 2.45) is 0 Å². The van der Waals surface area contributed by atoms with Crippen molar-refractivity contribution in [3.63, 3.8) is 0 Å². The molecule has 0 unspecified atom stereocenters. The molecule has 9 heteroatoms. The van der Waals surface area contributed by atoms with Crippen LogP contribution in [0, 0.1) is 0 Å². The van der Waals surface area contributed by atoms with Gasteiger partial charge in [0, 0.05) is 0 Å². The molecule has 0 atom stereocenters. The van der Waals surface area contributed by atoms with Crippen LogP contribution in [0.5, 0.6) is 5.75 Å². The number of hydrogen-bond donors (Lipinski definition) is 2. The lowest BCUT2D eigenvalue weighted by Crippen LogP contribution is -2.34. The number of ether oxygens (including phenoxy) is 1. The Balaban J connectivity index is 3.05. The van der Waals surface area contributed by atoms with Gasteiger partial charge in [-0.25, -0.2) is 18.4 Å². The van der Waals surface area contributed by atoms with E-state index < -0.39 is 47.8 Å². The number of carboxylic acids is 2. The van der Waals surface area contributed by atoms with Gasteiger partial charge in [0.05, 0.1) is 5.56 Å². The molecule has 0 aliphatic carbocycles. The summed E-state index contributed by atoms with van der Waals surface area (Å²) in [6.07, 6.45) is -3.99. The first-order chi connectivity index (χ1) is 9.15. The van der Waals surface area contributed by atoms with E-state index in [1.807, 2.05) is 0 Å². The average molecular weight is 296 g/mol. The van der Waals surface area contributed by atoms with Crippen LogP contribution in [0.25, 0.3) is 0 Å². The van der Waals surface area contributed by atoms with E-state index in [-0.39, 0.29) is 0 Å². The van der Waals surface area contributed by atoms with Crippen molar-refractivity contribution < 1.29 is 42.1 Å². The van der Waals surface area contributed by atoms with E-state index in [9.17, 15) is 27.2 Å². The second-order valence-electron chi connectivity index (χ2n) is 3.67. The molecular formula is C11H8F4O5. The number of hydrogen-bond acceptors (Lipinski definition) is 3. The highest BCUT2D eigenvalue weighted by atomic mass is 19.3. The Kier molecular flexibility index (Phi) is 4.53. The van der Waals surface area contributed by atoms with Gasteiger partial charge in [-0.2, -0.15) is 8.78 Å². The van der Waals surface area contributed by atoms with Crippen molar-refractivity contribution in [3.8, 4) is 5.75 Å². The number of aromatic carboxylic acids is 2. The summed E-state index contributed by atoms with van der Waals surface area (Å²) >= 11 is 0. The minimum atomic E-state index is -4.48. The van der Waals surface area contributed by atoms with Crippen LogP contribution in [0.3, 0.4) is 0 Å². The van der Waals surface area contributed by atoms with Gasteiger partial charge in [-0.05, 0) is 18.2 Å². The van der Waals surface area contributed by atoms with Crippen LogP contribution in [0.15, 0.2) is 18.2 Å². The molecule has 0 saturated carbocycles. The van der Waals surface area contributed by atoms with Gasteiger partial charge >= 0.3 is 24.3 Å². The summed E-state index contributed by atoms with van der Waals surface area (Å²) in [6, 6.07) is 2.42. The van der Waals surface area contributed by atoms with Crippen LogP contribution in [0.4, 0.5) is 17.6 Å². The maximum absolute atomic E-state index is 12.7. The first kappa shape index (κ1) is 15.7. The molecule has 0 bridgehead atoms. The molecule has 1 rings (SSSR count). The molecule has 5 nitrogen and oxygen atoms in total. The zero-order valence-electron chi connectivity index (χ0n) is 9.65. The van der Waals surface area contributed by atoms with E-state index in [1.54, 1.807) is 0 Å². The molecule has 0 heterocycles. The standard InChI is InChI=1S/C11H8F4O5/c12-10(13)11(14,15)4-20-7-3-5(8(16)17)1-2-6(7)9(18)19/h1-3,10H,4H2,(H,16,17)(H,18,19). The molecule has 1 aromatic rings. The largest absolute Gasteiger partial charge is 0.486 e. The van der Waals surface area contributed by atoms with Crippen LogP contribution in [-0.2, 0) is 0 Å². The Hall–Kier alpha value is -2.32. The van der Waals surface area contributed by atoms with Gasteiger partial charge in [-0.15, -0.1) is 0 Å². The molecule has 1 aromatic carbocycles. The monoisotopic (exact) mass is 296 g/mol. The SMILES string of the molecule is O=C(O)c1ccc(C(=O)O)c(OCC(F)(F)C(F)F)c1. The number of carboxylic acid groups (broad SMARTS) is 2. The average Bonchev–Trinajstić information content (AvgIpc) is 2.35. The first-order valence-electron chi connectivity index (χ1n) is 5.04. The van der Waals surface area contributed by atoms with Gasteiger partial charge in [0.1, 0.15) is 11.3 Å². The van der Waals surface area contributed by atoms with E-state index in [1.165, 1.54) is 0 Å². The number of carbonyl (C=O) groups is 2. The zero-order valence-corrected chi connectivity index (χ0v) is 9.65. The van der Waals surface area contributed by atoms with Crippen molar-refractivity contribution in [2.75, 3.05) is 6.61 Å².